The lowest BCUT2D eigenvalue weighted by Gasteiger charge is -2.09. The van der Waals surface area contributed by atoms with Gasteiger partial charge in [-0.3, -0.25) is 4.99 Å². The molecule has 0 spiro atoms. The normalized spacial score (nSPS) is 12.3. The molecule has 1 atom stereocenters. The second-order valence-electron chi connectivity index (χ2n) is 4.84. The first kappa shape index (κ1) is 14.5. The Kier molecular flexibility index (Phi) is 5.14. The quantitative estimate of drug-likeness (QED) is 0.650. The fourth-order valence-corrected chi connectivity index (χ4v) is 2.06. The zero-order valence-electron chi connectivity index (χ0n) is 11.8. The van der Waals surface area contributed by atoms with Gasteiger partial charge in [-0.25, -0.2) is 0 Å². The van der Waals surface area contributed by atoms with E-state index in [9.17, 15) is 0 Å². The fourth-order valence-electron chi connectivity index (χ4n) is 1.93. The average Bonchev–Trinajstić information content (AvgIpc) is 2.45. The third-order valence-corrected chi connectivity index (χ3v) is 3.13. The van der Waals surface area contributed by atoms with Gasteiger partial charge in [0.2, 0.25) is 0 Å². The first-order chi connectivity index (χ1) is 9.65. The summed E-state index contributed by atoms with van der Waals surface area (Å²) in [6.45, 7) is 4.03. The molecule has 20 heavy (non-hydrogen) atoms. The maximum atomic E-state index is 5.94. The number of hydrogen-bond acceptors (Lipinski definition) is 1. The van der Waals surface area contributed by atoms with Crippen LogP contribution in [-0.4, -0.2) is 5.71 Å². The Morgan fingerprint density at radius 2 is 1.65 bits per heavy atom. The van der Waals surface area contributed by atoms with E-state index < -0.39 is 0 Å². The van der Waals surface area contributed by atoms with Crippen molar-refractivity contribution in [1.82, 2.24) is 0 Å². The van der Waals surface area contributed by atoms with Crippen LogP contribution < -0.4 is 0 Å². The Labute approximate surface area is 125 Å². The molecule has 102 valence electrons. The van der Waals surface area contributed by atoms with E-state index >= 15 is 0 Å². The maximum Gasteiger partial charge on any atom is 0.0932 e. The number of nitrogens with zero attached hydrogens (tertiary/aromatic N) is 1. The van der Waals surface area contributed by atoms with Crippen molar-refractivity contribution in [2.45, 2.75) is 19.9 Å². The minimum Gasteiger partial charge on any atom is -0.282 e. The van der Waals surface area contributed by atoms with Gasteiger partial charge in [-0.15, -0.1) is 0 Å². The first-order valence-electron chi connectivity index (χ1n) is 6.65. The summed E-state index contributed by atoms with van der Waals surface area (Å²) in [4.78, 5) is 4.68. The molecule has 2 rings (SSSR count). The molecule has 2 aromatic carbocycles. The van der Waals surface area contributed by atoms with Crippen LogP contribution >= 0.6 is 11.6 Å². The summed E-state index contributed by atoms with van der Waals surface area (Å²) in [5.41, 5.74) is 3.38. The molecule has 2 aromatic rings. The molecule has 0 aliphatic rings. The minimum atomic E-state index is 0.0254. The van der Waals surface area contributed by atoms with E-state index in [0.717, 1.165) is 16.3 Å². The third kappa shape index (κ3) is 4.36. The van der Waals surface area contributed by atoms with Gasteiger partial charge in [-0.05, 0) is 37.1 Å². The Bertz CT molecular complexity index is 593. The topological polar surface area (TPSA) is 12.4 Å². The van der Waals surface area contributed by atoms with Crippen molar-refractivity contribution in [2.24, 2.45) is 4.99 Å². The molecule has 0 heterocycles. The highest BCUT2D eigenvalue weighted by Gasteiger charge is 2.05. The van der Waals surface area contributed by atoms with Gasteiger partial charge in [0, 0.05) is 10.7 Å². The van der Waals surface area contributed by atoms with E-state index in [2.05, 4.69) is 29.3 Å². The molecule has 0 N–H and O–H groups in total. The molecule has 0 radical (unpaired) electrons. The summed E-state index contributed by atoms with van der Waals surface area (Å²) in [7, 11) is 0. The highest BCUT2D eigenvalue weighted by molar-refractivity contribution is 6.30. The van der Waals surface area contributed by atoms with Crippen molar-refractivity contribution < 1.29 is 0 Å². The highest BCUT2D eigenvalue weighted by Crippen LogP contribution is 2.22. The SMILES string of the molecule is CC(C)=NC(/C=C/c1ccccc1)c1ccc(Cl)cc1. The van der Waals surface area contributed by atoms with Crippen molar-refractivity contribution in [1.29, 1.82) is 0 Å². The summed E-state index contributed by atoms with van der Waals surface area (Å²) in [5, 5.41) is 0.747. The maximum absolute atomic E-state index is 5.94. The van der Waals surface area contributed by atoms with Crippen molar-refractivity contribution in [2.75, 3.05) is 0 Å². The molecule has 0 aliphatic heterocycles. The van der Waals surface area contributed by atoms with Gasteiger partial charge in [0.1, 0.15) is 0 Å². The second-order valence-corrected chi connectivity index (χ2v) is 5.28. The van der Waals surface area contributed by atoms with Gasteiger partial charge in [-0.2, -0.15) is 0 Å². The van der Waals surface area contributed by atoms with Crippen LogP contribution in [0.4, 0.5) is 0 Å². The third-order valence-electron chi connectivity index (χ3n) is 2.88. The van der Waals surface area contributed by atoms with Gasteiger partial charge in [0.25, 0.3) is 0 Å². The number of aliphatic imine (C=N–C) groups is 1. The molecule has 0 fully saturated rings. The van der Waals surface area contributed by atoms with Crippen LogP contribution in [0.2, 0.25) is 5.02 Å². The predicted octanol–water partition coefficient (Wildman–Crippen LogP) is 5.58. The fraction of sp³-hybridized carbons (Fsp3) is 0.167. The molecular formula is C18H18ClN. The van der Waals surface area contributed by atoms with Crippen LogP contribution in [0.15, 0.2) is 65.7 Å². The van der Waals surface area contributed by atoms with Crippen LogP contribution in [-0.2, 0) is 0 Å². The lowest BCUT2D eigenvalue weighted by Crippen LogP contribution is -1.95. The molecule has 0 amide bonds. The Morgan fingerprint density at radius 3 is 2.25 bits per heavy atom. The molecular weight excluding hydrogens is 266 g/mol. The van der Waals surface area contributed by atoms with E-state index in [1.165, 1.54) is 5.56 Å². The number of benzene rings is 2. The Hall–Kier alpha value is -1.86. The summed E-state index contributed by atoms with van der Waals surface area (Å²) in [5.74, 6) is 0. The van der Waals surface area contributed by atoms with E-state index in [-0.39, 0.29) is 6.04 Å². The van der Waals surface area contributed by atoms with Crippen molar-refractivity contribution in [3.8, 4) is 0 Å². The highest BCUT2D eigenvalue weighted by atomic mass is 35.5. The van der Waals surface area contributed by atoms with Crippen LogP contribution in [0, 0.1) is 0 Å². The zero-order valence-corrected chi connectivity index (χ0v) is 12.5. The van der Waals surface area contributed by atoms with Gasteiger partial charge in [0.05, 0.1) is 6.04 Å². The largest absolute Gasteiger partial charge is 0.282 e. The Balaban J connectivity index is 2.27. The van der Waals surface area contributed by atoms with Gasteiger partial charge in [-0.1, -0.05) is 66.2 Å². The molecule has 0 saturated carbocycles. The van der Waals surface area contributed by atoms with Gasteiger partial charge in [0.15, 0.2) is 0 Å². The lowest BCUT2D eigenvalue weighted by molar-refractivity contribution is 0.913. The summed E-state index contributed by atoms with van der Waals surface area (Å²) < 4.78 is 0. The molecule has 1 unspecified atom stereocenters. The van der Waals surface area contributed by atoms with Crippen LogP contribution in [0.1, 0.15) is 31.0 Å². The molecule has 0 saturated heterocycles. The van der Waals surface area contributed by atoms with Crippen molar-refractivity contribution in [3.05, 3.63) is 76.8 Å². The van der Waals surface area contributed by atoms with E-state index in [1.807, 2.05) is 56.3 Å². The van der Waals surface area contributed by atoms with Crippen molar-refractivity contribution in [3.63, 3.8) is 0 Å². The standard InChI is InChI=1S/C18H18ClN/c1-14(2)20-18(16-9-11-17(19)12-10-16)13-8-15-6-4-3-5-7-15/h3-13,18H,1-2H3/b13-8+. The van der Waals surface area contributed by atoms with Crippen LogP contribution in [0.3, 0.4) is 0 Å². The minimum absolute atomic E-state index is 0.0254. The molecule has 2 heteroatoms. The monoisotopic (exact) mass is 283 g/mol. The molecule has 0 aliphatic carbocycles. The van der Waals surface area contributed by atoms with Crippen molar-refractivity contribution >= 4 is 23.4 Å². The number of hydrogen-bond donors (Lipinski definition) is 0. The smallest absolute Gasteiger partial charge is 0.0932 e. The summed E-state index contributed by atoms with van der Waals surface area (Å²) in [6, 6.07) is 18.1. The molecule has 0 bridgehead atoms. The average molecular weight is 284 g/mol. The van der Waals surface area contributed by atoms with E-state index in [4.69, 9.17) is 11.6 Å². The first-order valence-corrected chi connectivity index (χ1v) is 7.02. The Morgan fingerprint density at radius 1 is 1.00 bits per heavy atom. The summed E-state index contributed by atoms with van der Waals surface area (Å²) in [6.07, 6.45) is 4.22. The molecule has 0 aromatic heterocycles. The number of rotatable bonds is 4. The second kappa shape index (κ2) is 7.06. The lowest BCUT2D eigenvalue weighted by atomic mass is 10.1. The van der Waals surface area contributed by atoms with E-state index in [1.54, 1.807) is 0 Å². The van der Waals surface area contributed by atoms with E-state index in [0.29, 0.717) is 0 Å². The predicted molar refractivity (Wildman–Crippen MR) is 88.5 cm³/mol. The zero-order chi connectivity index (χ0) is 14.4. The van der Waals surface area contributed by atoms with Gasteiger partial charge < -0.3 is 0 Å². The number of halogens is 1. The van der Waals surface area contributed by atoms with Crippen LogP contribution in [0.25, 0.3) is 6.08 Å². The van der Waals surface area contributed by atoms with Gasteiger partial charge >= 0.3 is 0 Å². The molecule has 1 nitrogen and oxygen atoms in total. The van der Waals surface area contributed by atoms with Crippen LogP contribution in [0.5, 0.6) is 0 Å². The summed E-state index contributed by atoms with van der Waals surface area (Å²) >= 11 is 5.94.